The van der Waals surface area contributed by atoms with Gasteiger partial charge in [-0.05, 0) is 82.9 Å². The standard InChI is InChI=1S/C34H16Cl4O/c35-31-30-24-12-11-23-20-7-5-16-13-15-3-1-2-4-18(15)19-9-10-22(28(20)26(16)19)21-8-6-17(27(24)29(21)23)14-25(30)33(39)34(37,38)32(31)36/h1-12H,13-14H2. The average molecular weight is 582 g/mol. The van der Waals surface area contributed by atoms with Crippen LogP contribution >= 0.6 is 46.4 Å². The molecule has 5 heteroatoms. The van der Waals surface area contributed by atoms with Gasteiger partial charge in [0, 0.05) is 17.6 Å². The van der Waals surface area contributed by atoms with Crippen LogP contribution in [0.25, 0.3) is 59.8 Å². The molecule has 6 aromatic carbocycles. The summed E-state index contributed by atoms with van der Waals surface area (Å²) in [6.07, 6.45) is 1.34. The molecule has 0 unspecified atom stereocenters. The van der Waals surface area contributed by atoms with Crippen molar-refractivity contribution >= 4 is 101 Å². The summed E-state index contributed by atoms with van der Waals surface area (Å²) in [4.78, 5) is 13.3. The van der Waals surface area contributed by atoms with E-state index < -0.39 is 10.1 Å². The minimum Gasteiger partial charge on any atom is -0.291 e. The van der Waals surface area contributed by atoms with Gasteiger partial charge in [0.15, 0.2) is 0 Å². The molecule has 0 N–H and O–H groups in total. The van der Waals surface area contributed by atoms with Crippen LogP contribution in [0.4, 0.5) is 0 Å². The molecule has 0 saturated heterocycles. The molecular formula is C34H16Cl4O. The lowest BCUT2D eigenvalue weighted by Gasteiger charge is -2.32. The van der Waals surface area contributed by atoms with E-state index in [1.807, 2.05) is 0 Å². The Morgan fingerprint density at radius 3 is 1.82 bits per heavy atom. The van der Waals surface area contributed by atoms with Crippen LogP contribution in [0.5, 0.6) is 0 Å². The highest BCUT2D eigenvalue weighted by atomic mass is 35.5. The Kier molecular flexibility index (Phi) is 4.29. The first-order valence-corrected chi connectivity index (χ1v) is 14.4. The maximum absolute atomic E-state index is 13.3. The van der Waals surface area contributed by atoms with Crippen LogP contribution in [-0.4, -0.2) is 10.1 Å². The number of alkyl halides is 2. The van der Waals surface area contributed by atoms with Crippen molar-refractivity contribution < 1.29 is 4.79 Å². The van der Waals surface area contributed by atoms with Crippen molar-refractivity contribution in [2.75, 3.05) is 0 Å². The number of fused-ring (bicyclic) bond motifs is 5. The lowest BCUT2D eigenvalue weighted by molar-refractivity contribution is -0.115. The lowest BCUT2D eigenvalue weighted by atomic mass is 9.75. The van der Waals surface area contributed by atoms with Gasteiger partial charge in [0.2, 0.25) is 10.1 Å². The van der Waals surface area contributed by atoms with Crippen molar-refractivity contribution in [3.8, 4) is 11.1 Å². The minimum atomic E-state index is -1.87. The van der Waals surface area contributed by atoms with E-state index in [2.05, 4.69) is 72.8 Å². The fourth-order valence-electron chi connectivity index (χ4n) is 7.32. The van der Waals surface area contributed by atoms with Crippen molar-refractivity contribution in [3.63, 3.8) is 0 Å². The van der Waals surface area contributed by atoms with E-state index >= 15 is 0 Å². The number of ketones is 1. The summed E-state index contributed by atoms with van der Waals surface area (Å²) in [5.74, 6) is -0.404. The van der Waals surface area contributed by atoms with Crippen LogP contribution in [-0.2, 0) is 17.6 Å². The van der Waals surface area contributed by atoms with E-state index in [0.717, 1.165) is 22.9 Å². The topological polar surface area (TPSA) is 17.1 Å². The van der Waals surface area contributed by atoms with Gasteiger partial charge in [0.25, 0.3) is 0 Å². The second-order valence-electron chi connectivity index (χ2n) is 10.8. The Hall–Kier alpha value is -3.07. The highest BCUT2D eigenvalue weighted by Crippen LogP contribution is 2.55. The fraction of sp³-hybridized carbons (Fsp3) is 0.0882. The van der Waals surface area contributed by atoms with Crippen LogP contribution in [0.1, 0.15) is 22.3 Å². The van der Waals surface area contributed by atoms with E-state index in [1.165, 1.54) is 60.0 Å². The third kappa shape index (κ3) is 2.63. The summed E-state index contributed by atoms with van der Waals surface area (Å²) < 4.78 is -1.87. The van der Waals surface area contributed by atoms with Gasteiger partial charge in [0.1, 0.15) is 0 Å². The molecule has 39 heavy (non-hydrogen) atoms. The zero-order valence-corrected chi connectivity index (χ0v) is 23.3. The Morgan fingerprint density at radius 1 is 0.564 bits per heavy atom. The van der Waals surface area contributed by atoms with Crippen LogP contribution in [0, 0.1) is 0 Å². The highest BCUT2D eigenvalue weighted by molar-refractivity contribution is 6.69. The van der Waals surface area contributed by atoms with E-state index in [9.17, 15) is 4.79 Å². The molecule has 0 aliphatic heterocycles. The molecule has 0 saturated carbocycles. The molecule has 0 bridgehead atoms. The molecule has 186 valence electrons. The molecule has 0 fully saturated rings. The third-order valence-electron chi connectivity index (χ3n) is 8.95. The van der Waals surface area contributed by atoms with Gasteiger partial charge < -0.3 is 0 Å². The SMILES string of the molecule is O=C1C2=C(C(Cl)=C(Cl)C1(Cl)Cl)c1ccc3c4ccc5c6c(ccc(c7ccc(c1c37)C2)c64)-c1ccccc1C5. The molecule has 3 aliphatic rings. The van der Waals surface area contributed by atoms with Crippen LogP contribution in [0.3, 0.4) is 0 Å². The van der Waals surface area contributed by atoms with Crippen molar-refractivity contribution in [2.45, 2.75) is 17.2 Å². The molecule has 1 nitrogen and oxygen atoms in total. The van der Waals surface area contributed by atoms with E-state index in [-0.39, 0.29) is 10.1 Å². The Labute approximate surface area is 243 Å². The summed E-state index contributed by atoms with van der Waals surface area (Å²) in [7, 11) is 0. The first kappa shape index (κ1) is 22.7. The van der Waals surface area contributed by atoms with Crippen LogP contribution in [0.15, 0.2) is 88.4 Å². The second kappa shape index (κ2) is 7.36. The zero-order chi connectivity index (χ0) is 26.4. The van der Waals surface area contributed by atoms with E-state index in [0.29, 0.717) is 17.6 Å². The molecule has 0 aromatic heterocycles. The molecule has 0 amide bonds. The fourth-order valence-corrected chi connectivity index (χ4v) is 8.38. The molecule has 9 rings (SSSR count). The maximum atomic E-state index is 13.3. The van der Waals surface area contributed by atoms with Gasteiger partial charge in [0.05, 0.1) is 10.1 Å². The minimum absolute atomic E-state index is 0.0370. The van der Waals surface area contributed by atoms with Crippen molar-refractivity contribution in [1.29, 1.82) is 0 Å². The first-order valence-electron chi connectivity index (χ1n) is 12.8. The quantitative estimate of drug-likeness (QED) is 0.0989. The number of Topliss-reactive ketones (excluding diaryl/α,β-unsaturated/α-hetero) is 1. The van der Waals surface area contributed by atoms with Crippen LogP contribution < -0.4 is 0 Å². The van der Waals surface area contributed by atoms with Gasteiger partial charge in [-0.2, -0.15) is 0 Å². The lowest BCUT2D eigenvalue weighted by Crippen LogP contribution is -2.34. The van der Waals surface area contributed by atoms with Gasteiger partial charge in [-0.25, -0.2) is 0 Å². The number of benzene rings is 6. The number of allylic oxidation sites excluding steroid dienone is 4. The number of halogens is 4. The first-order chi connectivity index (χ1) is 18.9. The summed E-state index contributed by atoms with van der Waals surface area (Å²) in [5, 5.41) is 10.0. The predicted octanol–water partition coefficient (Wildman–Crippen LogP) is 10.1. The van der Waals surface area contributed by atoms with Gasteiger partial charge in [-0.1, -0.05) is 119 Å². The molecule has 0 radical (unpaired) electrons. The molecule has 0 spiro atoms. The van der Waals surface area contributed by atoms with Crippen molar-refractivity contribution in [1.82, 2.24) is 0 Å². The number of rotatable bonds is 0. The van der Waals surface area contributed by atoms with E-state index in [4.69, 9.17) is 46.4 Å². The Balaban J connectivity index is 1.44. The molecule has 0 atom stereocenters. The summed E-state index contributed by atoms with van der Waals surface area (Å²) in [6.45, 7) is 0. The summed E-state index contributed by atoms with van der Waals surface area (Å²) >= 11 is 26.0. The molecule has 0 heterocycles. The zero-order valence-electron chi connectivity index (χ0n) is 20.3. The van der Waals surface area contributed by atoms with Crippen molar-refractivity contribution in [3.05, 3.63) is 111 Å². The summed E-state index contributed by atoms with van der Waals surface area (Å²) in [6, 6.07) is 26.4. The van der Waals surface area contributed by atoms with Gasteiger partial charge in [-0.15, -0.1) is 0 Å². The normalized spacial score (nSPS) is 17.6. The number of hydrogen-bond donors (Lipinski definition) is 0. The van der Waals surface area contributed by atoms with Crippen LogP contribution in [0.2, 0.25) is 0 Å². The highest BCUT2D eigenvalue weighted by Gasteiger charge is 2.47. The van der Waals surface area contributed by atoms with Gasteiger partial charge in [-0.3, -0.25) is 4.79 Å². The molecule has 3 aliphatic carbocycles. The third-order valence-corrected chi connectivity index (χ3v) is 10.8. The average Bonchev–Trinajstić information content (AvgIpc) is 2.96. The van der Waals surface area contributed by atoms with E-state index in [1.54, 1.807) is 0 Å². The second-order valence-corrected chi connectivity index (χ2v) is 12.8. The Morgan fingerprint density at radius 2 is 1.13 bits per heavy atom. The predicted molar refractivity (Wildman–Crippen MR) is 165 cm³/mol. The molecular weight excluding hydrogens is 566 g/mol. The Bertz CT molecular complexity index is 2210. The monoisotopic (exact) mass is 580 g/mol. The smallest absolute Gasteiger partial charge is 0.216 e. The molecule has 6 aromatic rings. The maximum Gasteiger partial charge on any atom is 0.216 e. The number of hydrogen-bond acceptors (Lipinski definition) is 1. The van der Waals surface area contributed by atoms with Gasteiger partial charge >= 0.3 is 0 Å². The largest absolute Gasteiger partial charge is 0.291 e. The van der Waals surface area contributed by atoms with Crippen molar-refractivity contribution in [2.24, 2.45) is 0 Å². The number of carbonyl (C=O) groups is 1. The number of carbonyl (C=O) groups excluding carboxylic acids is 1. The summed E-state index contributed by atoms with van der Waals surface area (Å²) in [5.41, 5.74) is 8.48.